The Kier molecular flexibility index (Phi) is 18.8. The minimum atomic E-state index is -3.91. The number of carbonyl (C=O) groups excluding carboxylic acids is 5. The van der Waals surface area contributed by atoms with E-state index >= 15 is 0 Å². The summed E-state index contributed by atoms with van der Waals surface area (Å²) in [5.41, 5.74) is 0.588. The molecule has 0 spiro atoms. The molecule has 0 bridgehead atoms. The third-order valence-corrected chi connectivity index (χ3v) is 14.0. The summed E-state index contributed by atoms with van der Waals surface area (Å²) in [5.74, 6) is -3.32. The highest BCUT2D eigenvalue weighted by Crippen LogP contribution is 2.30. The van der Waals surface area contributed by atoms with Crippen molar-refractivity contribution in [3.63, 3.8) is 0 Å². The van der Waals surface area contributed by atoms with Gasteiger partial charge in [0.25, 0.3) is 5.91 Å². The maximum Gasteiger partial charge on any atom is 0.256 e. The molecule has 17 heteroatoms. The lowest BCUT2D eigenvalue weighted by Crippen LogP contribution is -2.59. The van der Waals surface area contributed by atoms with Crippen LogP contribution in [0.1, 0.15) is 92.6 Å². The van der Waals surface area contributed by atoms with Gasteiger partial charge in [-0.15, -0.1) is 0 Å². The van der Waals surface area contributed by atoms with Crippen molar-refractivity contribution in [2.45, 2.75) is 141 Å². The fraction of sp³-hybridized carbons (Fsp3) is 0.744. The highest BCUT2D eigenvalue weighted by Gasteiger charge is 2.44. The number of carbonyl (C=O) groups is 5. The zero-order valence-electron chi connectivity index (χ0n) is 37.8. The second-order valence-electron chi connectivity index (χ2n) is 17.6. The Labute approximate surface area is 357 Å². The van der Waals surface area contributed by atoms with Crippen molar-refractivity contribution in [2.24, 2.45) is 23.7 Å². The van der Waals surface area contributed by atoms with E-state index in [1.165, 1.54) is 26.4 Å². The molecule has 16 nitrogen and oxygen atoms in total. The molecule has 1 aromatic rings. The number of benzene rings is 1. The van der Waals surface area contributed by atoms with Gasteiger partial charge in [-0.2, -0.15) is 0 Å². The molecule has 1 aromatic carbocycles. The number of ether oxygens (including phenoxy) is 2. The van der Waals surface area contributed by atoms with Gasteiger partial charge in [-0.25, -0.2) is 8.42 Å². The number of phenolic OH excluding ortho intramolecular Hbond substituents is 1. The average Bonchev–Trinajstić information content (AvgIpc) is 3.95. The monoisotopic (exact) mass is 865 g/mol. The summed E-state index contributed by atoms with van der Waals surface area (Å²) in [6.45, 7) is 13.8. The molecule has 1 unspecified atom stereocenters. The Morgan fingerprint density at radius 2 is 1.48 bits per heavy atom. The van der Waals surface area contributed by atoms with Gasteiger partial charge in [0, 0.05) is 34.2 Å². The summed E-state index contributed by atoms with van der Waals surface area (Å²) in [6.07, 6.45) is 1.20. The quantitative estimate of drug-likeness (QED) is 0.126. The maximum atomic E-state index is 14.3. The first-order valence-corrected chi connectivity index (χ1v) is 22.9. The van der Waals surface area contributed by atoms with Gasteiger partial charge in [-0.3, -0.25) is 33.6 Å². The van der Waals surface area contributed by atoms with Crippen molar-refractivity contribution in [3.8, 4) is 5.75 Å². The summed E-state index contributed by atoms with van der Waals surface area (Å²) in [6, 6.07) is 2.52. The summed E-state index contributed by atoms with van der Waals surface area (Å²) < 4.78 is 39.5. The summed E-state index contributed by atoms with van der Waals surface area (Å²) in [7, 11) is 4.44. The molecular weight excluding hydrogens is 793 g/mol. The van der Waals surface area contributed by atoms with Gasteiger partial charge >= 0.3 is 0 Å². The smallest absolute Gasteiger partial charge is 0.256 e. The van der Waals surface area contributed by atoms with Crippen LogP contribution in [-0.2, 0) is 49.9 Å². The van der Waals surface area contributed by atoms with E-state index in [-0.39, 0.29) is 54.1 Å². The molecule has 0 radical (unpaired) electrons. The number of rotatable bonds is 23. The highest BCUT2D eigenvalue weighted by molar-refractivity contribution is 7.90. The number of amides is 5. The van der Waals surface area contributed by atoms with Crippen LogP contribution in [0.5, 0.6) is 5.75 Å². The van der Waals surface area contributed by atoms with E-state index in [1.54, 1.807) is 35.9 Å². The number of likely N-dealkylation sites (N-methyl/N-ethyl adjacent to an activating group) is 2. The summed E-state index contributed by atoms with van der Waals surface area (Å²) in [5, 5.41) is 14.9. The van der Waals surface area contributed by atoms with Crippen molar-refractivity contribution in [1.82, 2.24) is 30.1 Å². The molecule has 1 heterocycles. The third kappa shape index (κ3) is 13.1. The Morgan fingerprint density at radius 3 is 1.98 bits per heavy atom. The fourth-order valence-electron chi connectivity index (χ4n) is 8.46. The summed E-state index contributed by atoms with van der Waals surface area (Å²) >= 11 is 0. The molecule has 340 valence electrons. The Morgan fingerprint density at radius 1 is 0.867 bits per heavy atom. The predicted molar refractivity (Wildman–Crippen MR) is 229 cm³/mol. The largest absolute Gasteiger partial charge is 0.508 e. The van der Waals surface area contributed by atoms with Crippen LogP contribution >= 0.6 is 0 Å². The topological polar surface area (TPSA) is 204 Å². The van der Waals surface area contributed by atoms with Crippen molar-refractivity contribution >= 4 is 39.6 Å². The van der Waals surface area contributed by atoms with Gasteiger partial charge in [0.15, 0.2) is 0 Å². The zero-order chi connectivity index (χ0) is 45.2. The second-order valence-corrected chi connectivity index (χ2v) is 19.6. The standard InChI is InChI=1S/C43H72N6O10S/c1-13-27(6)38(48(10)43(55)36(25(2)3)45-42(54)37(26(4)5)47(8)9)34(58-11)24-35(51)49-22-14-15-33(49)39(59-12)28(7)40(52)44-32(23-29-16-18-30(50)19-17-29)41(53)46-60(56,57)31-20-21-31/h16-19,25-28,31-34,36-39,50H,13-15,20-24H2,1-12H3,(H,44,52)(H,45,54)(H,46,53)/t27-,28+,32-,33-,34+,36-,37?,38-,39+/m0/s1. The van der Waals surface area contributed by atoms with Crippen molar-refractivity contribution in [2.75, 3.05) is 41.9 Å². The molecule has 9 atom stereocenters. The maximum absolute atomic E-state index is 14.3. The first kappa shape index (κ1) is 50.6. The van der Waals surface area contributed by atoms with Gasteiger partial charge < -0.3 is 35.0 Å². The van der Waals surface area contributed by atoms with Crippen LogP contribution < -0.4 is 15.4 Å². The van der Waals surface area contributed by atoms with Gasteiger partial charge in [0.05, 0.1) is 47.9 Å². The Hall–Kier alpha value is -3.80. The predicted octanol–water partition coefficient (Wildman–Crippen LogP) is 2.68. The van der Waals surface area contributed by atoms with E-state index in [9.17, 15) is 37.5 Å². The minimum absolute atomic E-state index is 0.0135. The number of aromatic hydroxyl groups is 1. The van der Waals surface area contributed by atoms with E-state index in [0.29, 0.717) is 44.2 Å². The normalized spacial score (nSPS) is 19.9. The molecular formula is C43H72N6O10S. The number of methoxy groups -OCH3 is 2. The van der Waals surface area contributed by atoms with E-state index in [1.807, 2.05) is 60.5 Å². The molecule has 1 aliphatic heterocycles. The molecule has 1 saturated carbocycles. The Balaban J connectivity index is 1.81. The van der Waals surface area contributed by atoms with Crippen LogP contribution in [0.25, 0.3) is 0 Å². The van der Waals surface area contributed by atoms with Gasteiger partial charge in [-0.05, 0) is 75.2 Å². The van der Waals surface area contributed by atoms with Crippen LogP contribution in [0.4, 0.5) is 0 Å². The number of likely N-dealkylation sites (tertiary alicyclic amines) is 1. The van der Waals surface area contributed by atoms with Gasteiger partial charge in [0.1, 0.15) is 17.8 Å². The fourth-order valence-corrected chi connectivity index (χ4v) is 9.81. The first-order valence-electron chi connectivity index (χ1n) is 21.3. The van der Waals surface area contributed by atoms with Crippen LogP contribution in [0.15, 0.2) is 24.3 Å². The molecule has 0 aromatic heterocycles. The number of hydrogen-bond acceptors (Lipinski definition) is 11. The third-order valence-electron chi connectivity index (χ3n) is 12.2. The van der Waals surface area contributed by atoms with E-state index in [4.69, 9.17) is 9.47 Å². The van der Waals surface area contributed by atoms with Crippen molar-refractivity contribution in [3.05, 3.63) is 29.8 Å². The lowest BCUT2D eigenvalue weighted by molar-refractivity contribution is -0.148. The van der Waals surface area contributed by atoms with E-state index < -0.39 is 75.4 Å². The minimum Gasteiger partial charge on any atom is -0.508 e. The van der Waals surface area contributed by atoms with E-state index in [2.05, 4.69) is 15.4 Å². The molecule has 1 aliphatic carbocycles. The molecule has 4 N–H and O–H groups in total. The molecule has 60 heavy (non-hydrogen) atoms. The molecule has 5 amide bonds. The number of hydrogen-bond donors (Lipinski definition) is 4. The number of nitrogens with zero attached hydrogens (tertiary/aromatic N) is 3. The van der Waals surface area contributed by atoms with Crippen LogP contribution in [0.2, 0.25) is 0 Å². The first-order chi connectivity index (χ1) is 28.1. The molecule has 1 saturated heterocycles. The average molecular weight is 865 g/mol. The number of phenols is 1. The van der Waals surface area contributed by atoms with Crippen LogP contribution in [0.3, 0.4) is 0 Å². The highest BCUT2D eigenvalue weighted by atomic mass is 32.2. The SMILES string of the molecule is CC[C@H](C)[C@@H]([C@@H](CC(=O)N1CCC[C@H]1[C@H](OC)[C@@H](C)C(=O)N[C@@H](Cc1ccc(O)cc1)C(=O)NS(=O)(=O)C1CC1)OC)N(C)C(=O)[C@@H](NC(=O)C(C(C)C)N(C)C)C(C)C. The van der Waals surface area contributed by atoms with E-state index in [0.717, 1.165) is 0 Å². The van der Waals surface area contributed by atoms with Crippen LogP contribution in [0, 0.1) is 23.7 Å². The zero-order valence-corrected chi connectivity index (χ0v) is 38.6. The molecule has 2 aliphatic rings. The number of nitrogens with one attached hydrogen (secondary N) is 3. The molecule has 3 rings (SSSR count). The molecule has 2 fully saturated rings. The lowest BCUT2D eigenvalue weighted by Gasteiger charge is -2.41. The van der Waals surface area contributed by atoms with Crippen LogP contribution in [-0.4, -0.2) is 147 Å². The van der Waals surface area contributed by atoms with Gasteiger partial charge in [-0.1, -0.05) is 67.0 Å². The summed E-state index contributed by atoms with van der Waals surface area (Å²) in [4.78, 5) is 74.6. The van der Waals surface area contributed by atoms with Gasteiger partial charge in [0.2, 0.25) is 33.7 Å². The Bertz CT molecular complexity index is 1710. The number of sulfonamides is 1. The second kappa shape index (κ2) is 22.3. The lowest BCUT2D eigenvalue weighted by atomic mass is 9.89. The van der Waals surface area contributed by atoms with Crippen molar-refractivity contribution in [1.29, 1.82) is 0 Å². The van der Waals surface area contributed by atoms with Crippen molar-refractivity contribution < 1.29 is 47.0 Å².